The molecular formula is C12H16Cl2N2O2. The van der Waals surface area contributed by atoms with E-state index in [0.717, 1.165) is 0 Å². The normalized spacial score (nSPS) is 14.6. The van der Waals surface area contributed by atoms with Gasteiger partial charge in [-0.2, -0.15) is 0 Å². The van der Waals surface area contributed by atoms with E-state index in [2.05, 4.69) is 0 Å². The zero-order chi connectivity index (χ0) is 14.0. The van der Waals surface area contributed by atoms with E-state index in [4.69, 9.17) is 28.9 Å². The van der Waals surface area contributed by atoms with Gasteiger partial charge >= 0.3 is 0 Å². The fraction of sp³-hybridized carbons (Fsp3) is 0.500. The highest BCUT2D eigenvalue weighted by atomic mass is 35.5. The minimum atomic E-state index is -0.449. The van der Waals surface area contributed by atoms with Crippen LogP contribution in [0.5, 0.6) is 0 Å². The fourth-order valence-corrected chi connectivity index (χ4v) is 2.56. The number of hydrogen-bond acceptors (Lipinski definition) is 3. The molecule has 0 aliphatic rings. The van der Waals surface area contributed by atoms with Crippen LogP contribution in [0.3, 0.4) is 0 Å². The highest BCUT2D eigenvalue weighted by Gasteiger charge is 2.28. The average Bonchev–Trinajstić information content (AvgIpc) is 2.21. The first-order valence-corrected chi connectivity index (χ1v) is 6.40. The first-order valence-electron chi connectivity index (χ1n) is 5.64. The molecule has 0 radical (unpaired) electrons. The van der Waals surface area contributed by atoms with Crippen LogP contribution in [0.1, 0.15) is 32.3 Å². The van der Waals surface area contributed by atoms with Crippen molar-refractivity contribution < 1.29 is 4.92 Å². The molecule has 0 saturated carbocycles. The summed E-state index contributed by atoms with van der Waals surface area (Å²) in [7, 11) is 0. The van der Waals surface area contributed by atoms with Crippen LogP contribution < -0.4 is 5.73 Å². The molecule has 1 rings (SSSR count). The Morgan fingerprint density at radius 1 is 1.22 bits per heavy atom. The van der Waals surface area contributed by atoms with E-state index in [0.29, 0.717) is 10.6 Å². The molecule has 0 spiro atoms. The maximum absolute atomic E-state index is 11.1. The van der Waals surface area contributed by atoms with Gasteiger partial charge in [0.25, 0.3) is 5.69 Å². The summed E-state index contributed by atoms with van der Waals surface area (Å²) in [5.41, 5.74) is 6.44. The summed E-state index contributed by atoms with van der Waals surface area (Å²) in [6.07, 6.45) is 0. The summed E-state index contributed by atoms with van der Waals surface area (Å²) in [6.45, 7) is 5.78. The van der Waals surface area contributed by atoms with Crippen molar-refractivity contribution >= 4 is 28.9 Å². The zero-order valence-electron chi connectivity index (χ0n) is 10.5. The SMILES string of the molecule is CC(C)C(c1cc(Cl)c(Cl)cc1[N+](=O)[O-])C(C)N. The minimum Gasteiger partial charge on any atom is -0.327 e. The van der Waals surface area contributed by atoms with Crippen LogP contribution in [0.2, 0.25) is 10.0 Å². The Kier molecular flexibility index (Phi) is 4.96. The summed E-state index contributed by atoms with van der Waals surface area (Å²) in [5, 5.41) is 11.6. The molecule has 2 N–H and O–H groups in total. The second-order valence-electron chi connectivity index (χ2n) is 4.71. The Morgan fingerprint density at radius 2 is 1.72 bits per heavy atom. The molecule has 0 amide bonds. The number of halogens is 2. The number of nitrogens with zero attached hydrogens (tertiary/aromatic N) is 1. The van der Waals surface area contributed by atoms with E-state index in [1.807, 2.05) is 20.8 Å². The molecule has 1 aromatic carbocycles. The first kappa shape index (κ1) is 15.2. The Balaban J connectivity index is 3.45. The van der Waals surface area contributed by atoms with Crippen LogP contribution in [-0.2, 0) is 0 Å². The van der Waals surface area contributed by atoms with Gasteiger partial charge in [-0.25, -0.2) is 0 Å². The van der Waals surface area contributed by atoms with E-state index in [1.54, 1.807) is 6.07 Å². The zero-order valence-corrected chi connectivity index (χ0v) is 12.0. The predicted molar refractivity (Wildman–Crippen MR) is 74.3 cm³/mol. The summed E-state index contributed by atoms with van der Waals surface area (Å²) in [6, 6.07) is 2.63. The lowest BCUT2D eigenvalue weighted by Gasteiger charge is -2.25. The number of nitro groups is 1. The van der Waals surface area contributed by atoms with Crippen molar-refractivity contribution in [3.05, 3.63) is 37.9 Å². The van der Waals surface area contributed by atoms with Crippen molar-refractivity contribution in [2.24, 2.45) is 11.7 Å². The summed E-state index contributed by atoms with van der Waals surface area (Å²) in [5.74, 6) is 0.0288. The second kappa shape index (κ2) is 5.87. The molecule has 0 aromatic heterocycles. The van der Waals surface area contributed by atoms with Crippen LogP contribution in [0.15, 0.2) is 12.1 Å². The second-order valence-corrected chi connectivity index (χ2v) is 5.53. The Morgan fingerprint density at radius 3 is 2.11 bits per heavy atom. The average molecular weight is 291 g/mol. The van der Waals surface area contributed by atoms with Gasteiger partial charge in [0.05, 0.1) is 15.0 Å². The van der Waals surface area contributed by atoms with Crippen molar-refractivity contribution in [3.63, 3.8) is 0 Å². The number of rotatable bonds is 4. The molecule has 18 heavy (non-hydrogen) atoms. The maximum Gasteiger partial charge on any atom is 0.274 e. The summed E-state index contributed by atoms with van der Waals surface area (Å²) >= 11 is 11.8. The van der Waals surface area contributed by atoms with Gasteiger partial charge in [-0.1, -0.05) is 37.0 Å². The van der Waals surface area contributed by atoms with Gasteiger partial charge in [0.15, 0.2) is 0 Å². The lowest BCUT2D eigenvalue weighted by molar-refractivity contribution is -0.385. The van der Waals surface area contributed by atoms with Crippen LogP contribution in [0.4, 0.5) is 5.69 Å². The van der Waals surface area contributed by atoms with Crippen LogP contribution in [0, 0.1) is 16.0 Å². The Bertz CT molecular complexity index is 454. The lowest BCUT2D eigenvalue weighted by atomic mass is 9.82. The number of nitro benzene ring substituents is 1. The van der Waals surface area contributed by atoms with Crippen molar-refractivity contribution in [2.75, 3.05) is 0 Å². The van der Waals surface area contributed by atoms with Gasteiger partial charge in [-0.3, -0.25) is 10.1 Å². The van der Waals surface area contributed by atoms with Crippen LogP contribution in [0.25, 0.3) is 0 Å². The number of benzene rings is 1. The topological polar surface area (TPSA) is 69.2 Å². The minimum absolute atomic E-state index is 0.0274. The maximum atomic E-state index is 11.1. The first-order chi connectivity index (χ1) is 8.25. The third-order valence-corrected chi connectivity index (χ3v) is 3.63. The predicted octanol–water partition coefficient (Wildman–Crippen LogP) is 3.99. The van der Waals surface area contributed by atoms with E-state index < -0.39 is 4.92 Å². The molecular weight excluding hydrogens is 275 g/mol. The molecule has 100 valence electrons. The van der Waals surface area contributed by atoms with Gasteiger partial charge in [0, 0.05) is 23.6 Å². The molecule has 0 aliphatic heterocycles. The highest BCUT2D eigenvalue weighted by Crippen LogP contribution is 2.38. The third kappa shape index (κ3) is 3.13. The summed E-state index contributed by atoms with van der Waals surface area (Å²) < 4.78 is 0. The molecule has 2 atom stereocenters. The smallest absolute Gasteiger partial charge is 0.274 e. The van der Waals surface area contributed by atoms with Gasteiger partial charge in [-0.15, -0.1) is 0 Å². The van der Waals surface area contributed by atoms with Crippen LogP contribution >= 0.6 is 23.2 Å². The molecule has 0 fully saturated rings. The van der Waals surface area contributed by atoms with Gasteiger partial charge in [0.1, 0.15) is 0 Å². The largest absolute Gasteiger partial charge is 0.327 e. The highest BCUT2D eigenvalue weighted by molar-refractivity contribution is 6.42. The van der Waals surface area contributed by atoms with Gasteiger partial charge in [0.2, 0.25) is 0 Å². The quantitative estimate of drug-likeness (QED) is 0.673. The molecule has 0 heterocycles. The molecule has 2 unspecified atom stereocenters. The van der Waals surface area contributed by atoms with Crippen molar-refractivity contribution in [1.82, 2.24) is 0 Å². The Labute approximate surface area is 116 Å². The summed E-state index contributed by atoms with van der Waals surface area (Å²) in [4.78, 5) is 10.6. The van der Waals surface area contributed by atoms with Crippen LogP contribution in [-0.4, -0.2) is 11.0 Å². The van der Waals surface area contributed by atoms with E-state index in [1.165, 1.54) is 6.07 Å². The van der Waals surface area contributed by atoms with Crippen molar-refractivity contribution in [2.45, 2.75) is 32.7 Å². The van der Waals surface area contributed by atoms with Crippen molar-refractivity contribution in [3.8, 4) is 0 Å². The molecule has 6 heteroatoms. The fourth-order valence-electron chi connectivity index (χ4n) is 2.23. The molecule has 0 aliphatic carbocycles. The third-order valence-electron chi connectivity index (χ3n) is 2.91. The van der Waals surface area contributed by atoms with Gasteiger partial charge < -0.3 is 5.73 Å². The monoisotopic (exact) mass is 290 g/mol. The van der Waals surface area contributed by atoms with E-state index in [-0.39, 0.29) is 28.6 Å². The van der Waals surface area contributed by atoms with E-state index >= 15 is 0 Å². The number of nitrogens with two attached hydrogens (primary N) is 1. The van der Waals surface area contributed by atoms with Gasteiger partial charge in [-0.05, 0) is 18.9 Å². The molecule has 0 bridgehead atoms. The van der Waals surface area contributed by atoms with Crippen molar-refractivity contribution in [1.29, 1.82) is 0 Å². The Hall–Kier alpha value is -0.840. The van der Waals surface area contributed by atoms with E-state index in [9.17, 15) is 10.1 Å². The molecule has 4 nitrogen and oxygen atoms in total. The molecule has 0 saturated heterocycles. The lowest BCUT2D eigenvalue weighted by Crippen LogP contribution is -2.29. The standard InChI is InChI=1S/C12H16Cl2N2O2/c1-6(2)12(7(3)15)8-4-9(13)10(14)5-11(8)16(17)18/h4-7,12H,15H2,1-3H3. The molecule has 1 aromatic rings. The number of hydrogen-bond donors (Lipinski definition) is 1.